The van der Waals surface area contributed by atoms with E-state index in [-0.39, 0.29) is 25.1 Å². The summed E-state index contributed by atoms with van der Waals surface area (Å²) >= 11 is 0. The number of carbonyl (C=O) groups excluding carboxylic acids is 1. The molecule has 7 nitrogen and oxygen atoms in total. The number of carboxylic acid groups (broad SMARTS) is 1. The molecule has 94 valence electrons. The van der Waals surface area contributed by atoms with Crippen molar-refractivity contribution in [1.82, 2.24) is 4.31 Å². The predicted molar refractivity (Wildman–Crippen MR) is 55.3 cm³/mol. The van der Waals surface area contributed by atoms with E-state index in [9.17, 15) is 18.0 Å². The Labute approximate surface area is 94.0 Å². The van der Waals surface area contributed by atoms with Gasteiger partial charge in [0.25, 0.3) is 0 Å². The lowest BCUT2D eigenvalue weighted by Gasteiger charge is -2.15. The quantitative estimate of drug-likeness (QED) is 0.601. The highest BCUT2D eigenvalue weighted by Crippen LogP contribution is 2.02. The Balaban J connectivity index is 4.21. The Morgan fingerprint density at radius 2 is 1.94 bits per heavy atom. The molecular weight excluding hydrogens is 238 g/mol. The van der Waals surface area contributed by atoms with Crippen molar-refractivity contribution in [3.63, 3.8) is 0 Å². The summed E-state index contributed by atoms with van der Waals surface area (Å²) < 4.78 is 28.1. The summed E-state index contributed by atoms with van der Waals surface area (Å²) in [5, 5.41) is 8.35. The van der Waals surface area contributed by atoms with Crippen molar-refractivity contribution < 1.29 is 27.9 Å². The zero-order chi connectivity index (χ0) is 12.8. The van der Waals surface area contributed by atoms with Gasteiger partial charge in [0.05, 0.1) is 12.9 Å². The van der Waals surface area contributed by atoms with Crippen molar-refractivity contribution in [3.8, 4) is 0 Å². The third kappa shape index (κ3) is 5.66. The molecule has 0 spiro atoms. The van der Waals surface area contributed by atoms with E-state index in [0.717, 1.165) is 11.4 Å². The standard InChI is InChI=1S/C8H15NO6S/c1-9(6-8(12)15-2)16(13,14)5-3-4-7(10)11/h3-6H2,1-2H3,(H,10,11). The first-order valence-corrected chi connectivity index (χ1v) is 6.13. The van der Waals surface area contributed by atoms with E-state index in [1.807, 2.05) is 0 Å². The molecule has 0 aromatic heterocycles. The number of sulfonamides is 1. The van der Waals surface area contributed by atoms with Crippen molar-refractivity contribution in [2.75, 3.05) is 26.5 Å². The van der Waals surface area contributed by atoms with Gasteiger partial charge < -0.3 is 9.84 Å². The van der Waals surface area contributed by atoms with Gasteiger partial charge in [0.1, 0.15) is 6.54 Å². The minimum absolute atomic E-state index is 0.0170. The van der Waals surface area contributed by atoms with Gasteiger partial charge in [-0.05, 0) is 6.42 Å². The molecule has 0 atom stereocenters. The summed E-state index contributed by atoms with van der Waals surface area (Å²) in [5.41, 5.74) is 0. The average molecular weight is 253 g/mol. The molecule has 0 radical (unpaired) electrons. The Kier molecular flexibility index (Phi) is 5.97. The van der Waals surface area contributed by atoms with Gasteiger partial charge in [-0.2, -0.15) is 4.31 Å². The molecule has 0 rings (SSSR count). The number of hydrogen-bond donors (Lipinski definition) is 1. The monoisotopic (exact) mass is 253 g/mol. The number of rotatable bonds is 7. The van der Waals surface area contributed by atoms with Crippen molar-refractivity contribution >= 4 is 22.0 Å². The molecule has 1 N–H and O–H groups in total. The lowest BCUT2D eigenvalue weighted by molar-refractivity contribution is -0.140. The van der Waals surface area contributed by atoms with Gasteiger partial charge in [-0.1, -0.05) is 0 Å². The van der Waals surface area contributed by atoms with Gasteiger partial charge in [-0.25, -0.2) is 8.42 Å². The average Bonchev–Trinajstić information content (AvgIpc) is 2.16. The van der Waals surface area contributed by atoms with Crippen LogP contribution in [0.1, 0.15) is 12.8 Å². The van der Waals surface area contributed by atoms with Crippen LogP contribution in [0.2, 0.25) is 0 Å². The highest BCUT2D eigenvalue weighted by atomic mass is 32.2. The number of methoxy groups -OCH3 is 1. The maximum Gasteiger partial charge on any atom is 0.320 e. The molecule has 0 bridgehead atoms. The number of esters is 1. The van der Waals surface area contributed by atoms with Gasteiger partial charge in [0.2, 0.25) is 10.0 Å². The predicted octanol–water partition coefficient (Wildman–Crippen LogP) is -0.714. The molecular formula is C8H15NO6S. The highest BCUT2D eigenvalue weighted by molar-refractivity contribution is 7.89. The van der Waals surface area contributed by atoms with Crippen LogP contribution in [-0.4, -0.2) is 56.2 Å². The number of carboxylic acids is 1. The number of nitrogens with zero attached hydrogens (tertiary/aromatic N) is 1. The van der Waals surface area contributed by atoms with Gasteiger partial charge in [-0.3, -0.25) is 9.59 Å². The van der Waals surface area contributed by atoms with E-state index in [1.165, 1.54) is 7.05 Å². The van der Waals surface area contributed by atoms with E-state index >= 15 is 0 Å². The second kappa shape index (κ2) is 6.44. The van der Waals surface area contributed by atoms with Gasteiger partial charge in [0.15, 0.2) is 0 Å². The minimum Gasteiger partial charge on any atom is -0.481 e. The smallest absolute Gasteiger partial charge is 0.320 e. The third-order valence-electron chi connectivity index (χ3n) is 1.85. The molecule has 0 saturated heterocycles. The first-order valence-electron chi connectivity index (χ1n) is 4.52. The molecule has 0 amide bonds. The summed E-state index contributed by atoms with van der Waals surface area (Å²) in [7, 11) is -1.19. The van der Waals surface area contributed by atoms with Crippen molar-refractivity contribution in [2.24, 2.45) is 0 Å². The van der Waals surface area contributed by atoms with Crippen LogP contribution in [0.5, 0.6) is 0 Å². The van der Waals surface area contributed by atoms with Gasteiger partial charge in [-0.15, -0.1) is 0 Å². The van der Waals surface area contributed by atoms with Gasteiger partial charge >= 0.3 is 11.9 Å². The molecule has 0 aromatic carbocycles. The summed E-state index contributed by atoms with van der Waals surface area (Å²) in [6.45, 7) is -0.369. The fourth-order valence-electron chi connectivity index (χ4n) is 0.906. The number of aliphatic carboxylic acids is 1. The maximum absolute atomic E-state index is 11.5. The third-order valence-corrected chi connectivity index (χ3v) is 3.73. The van der Waals surface area contributed by atoms with Gasteiger partial charge in [0, 0.05) is 13.5 Å². The van der Waals surface area contributed by atoms with Crippen molar-refractivity contribution in [1.29, 1.82) is 0 Å². The van der Waals surface area contributed by atoms with Crippen LogP contribution >= 0.6 is 0 Å². The first kappa shape index (κ1) is 14.8. The number of ether oxygens (including phenoxy) is 1. The highest BCUT2D eigenvalue weighted by Gasteiger charge is 2.20. The van der Waals surface area contributed by atoms with E-state index in [4.69, 9.17) is 5.11 Å². The van der Waals surface area contributed by atoms with Crippen LogP contribution in [0.4, 0.5) is 0 Å². The summed E-state index contributed by atoms with van der Waals surface area (Å²) in [6.07, 6.45) is -0.200. The van der Waals surface area contributed by atoms with Crippen molar-refractivity contribution in [3.05, 3.63) is 0 Å². The lowest BCUT2D eigenvalue weighted by atomic mass is 10.3. The van der Waals surface area contributed by atoms with Crippen LogP contribution < -0.4 is 0 Å². The number of likely N-dealkylation sites (N-methyl/N-ethyl adjacent to an activating group) is 1. The second-order valence-corrected chi connectivity index (χ2v) is 5.34. The zero-order valence-electron chi connectivity index (χ0n) is 9.17. The van der Waals surface area contributed by atoms with E-state index in [1.54, 1.807) is 0 Å². The van der Waals surface area contributed by atoms with Crippen LogP contribution in [0, 0.1) is 0 Å². The Morgan fingerprint density at radius 1 is 1.38 bits per heavy atom. The van der Waals surface area contributed by atoms with Crippen LogP contribution in [0.25, 0.3) is 0 Å². The maximum atomic E-state index is 11.5. The number of hydrogen-bond acceptors (Lipinski definition) is 5. The molecule has 0 fully saturated rings. The Bertz CT molecular complexity index is 350. The number of carbonyl (C=O) groups is 2. The lowest BCUT2D eigenvalue weighted by Crippen LogP contribution is -2.34. The molecule has 16 heavy (non-hydrogen) atoms. The van der Waals surface area contributed by atoms with Crippen LogP contribution in [-0.2, 0) is 24.3 Å². The SMILES string of the molecule is COC(=O)CN(C)S(=O)(=O)CCCC(=O)O. The van der Waals surface area contributed by atoms with E-state index in [2.05, 4.69) is 4.74 Å². The second-order valence-electron chi connectivity index (χ2n) is 3.15. The molecule has 0 unspecified atom stereocenters. The summed E-state index contributed by atoms with van der Waals surface area (Å²) in [5.74, 6) is -2.01. The molecule has 0 aliphatic carbocycles. The Hall–Kier alpha value is -1.15. The summed E-state index contributed by atoms with van der Waals surface area (Å²) in [4.78, 5) is 21.0. The fraction of sp³-hybridized carbons (Fsp3) is 0.750. The van der Waals surface area contributed by atoms with Crippen molar-refractivity contribution in [2.45, 2.75) is 12.8 Å². The van der Waals surface area contributed by atoms with E-state index in [0.29, 0.717) is 0 Å². The molecule has 8 heteroatoms. The molecule has 0 aliphatic heterocycles. The molecule has 0 aromatic rings. The van der Waals surface area contributed by atoms with E-state index < -0.39 is 22.0 Å². The Morgan fingerprint density at radius 3 is 2.38 bits per heavy atom. The zero-order valence-corrected chi connectivity index (χ0v) is 9.99. The molecule has 0 aliphatic rings. The summed E-state index contributed by atoms with van der Waals surface area (Å²) in [6, 6.07) is 0. The van der Waals surface area contributed by atoms with Crippen LogP contribution in [0.3, 0.4) is 0 Å². The van der Waals surface area contributed by atoms with Crippen LogP contribution in [0.15, 0.2) is 0 Å². The first-order chi connectivity index (χ1) is 7.29. The topological polar surface area (TPSA) is 101 Å². The minimum atomic E-state index is -3.59. The molecule has 0 heterocycles. The largest absolute Gasteiger partial charge is 0.481 e. The normalized spacial score (nSPS) is 11.4. The molecule has 0 saturated carbocycles. The fourth-order valence-corrected chi connectivity index (χ4v) is 2.03.